The van der Waals surface area contributed by atoms with Crippen LogP contribution in [0.4, 0.5) is 4.39 Å². The van der Waals surface area contributed by atoms with Gasteiger partial charge in [-0.25, -0.2) is 4.39 Å². The van der Waals surface area contributed by atoms with Gasteiger partial charge in [0.15, 0.2) is 0 Å². The average Bonchev–Trinajstić information content (AvgIpc) is 2.52. The fraction of sp³-hybridized carbons (Fsp3) is 0.294. The van der Waals surface area contributed by atoms with Gasteiger partial charge in [0.2, 0.25) is 0 Å². The lowest BCUT2D eigenvalue weighted by Crippen LogP contribution is -2.04. The highest BCUT2D eigenvalue weighted by Gasteiger charge is 2.15. The largest absolute Gasteiger partial charge is 0.493 e. The third-order valence-corrected chi connectivity index (χ3v) is 4.34. The summed E-state index contributed by atoms with van der Waals surface area (Å²) in [7, 11) is 0. The molecule has 0 spiro atoms. The molecule has 0 saturated carbocycles. The molecule has 1 unspecified atom stereocenters. The van der Waals surface area contributed by atoms with Gasteiger partial charge in [-0.05, 0) is 42.7 Å². The van der Waals surface area contributed by atoms with Gasteiger partial charge >= 0.3 is 0 Å². The lowest BCUT2D eigenvalue weighted by molar-refractivity contribution is 0.214. The molecule has 118 valence electrons. The highest BCUT2D eigenvalue weighted by Crippen LogP contribution is 2.28. The van der Waals surface area contributed by atoms with Crippen LogP contribution in [0, 0.1) is 5.82 Å². The highest BCUT2D eigenvalue weighted by molar-refractivity contribution is 9.10. The van der Waals surface area contributed by atoms with Crippen molar-refractivity contribution in [3.63, 3.8) is 0 Å². The molecule has 2 rings (SSSR count). The van der Waals surface area contributed by atoms with Crippen LogP contribution in [0.25, 0.3) is 0 Å². The molecular weight excluding hydrogens is 415 g/mol. The van der Waals surface area contributed by atoms with Crippen molar-refractivity contribution < 1.29 is 14.2 Å². The van der Waals surface area contributed by atoms with Crippen LogP contribution >= 0.6 is 31.9 Å². The minimum Gasteiger partial charge on any atom is -0.493 e. The van der Waals surface area contributed by atoms with Crippen molar-refractivity contribution in [3.05, 3.63) is 63.9 Å². The first-order valence-electron chi connectivity index (χ1n) is 7.03. The summed E-state index contributed by atoms with van der Waals surface area (Å²) < 4.78 is 20.6. The number of hydrogen-bond donors (Lipinski definition) is 1. The van der Waals surface area contributed by atoms with Crippen LogP contribution in [0.5, 0.6) is 5.75 Å². The monoisotopic (exact) mass is 430 g/mol. The molecule has 0 aliphatic heterocycles. The van der Waals surface area contributed by atoms with Crippen LogP contribution < -0.4 is 4.74 Å². The van der Waals surface area contributed by atoms with Crippen molar-refractivity contribution >= 4 is 31.9 Å². The summed E-state index contributed by atoms with van der Waals surface area (Å²) in [4.78, 5) is 0. The van der Waals surface area contributed by atoms with Gasteiger partial charge in [-0.15, -0.1) is 0 Å². The lowest BCUT2D eigenvalue weighted by Gasteiger charge is -2.14. The summed E-state index contributed by atoms with van der Waals surface area (Å²) in [6, 6.07) is 11.7. The van der Waals surface area contributed by atoms with Crippen molar-refractivity contribution in [3.8, 4) is 5.75 Å². The highest BCUT2D eigenvalue weighted by atomic mass is 79.9. The molecule has 2 aromatic rings. The maximum absolute atomic E-state index is 14.2. The predicted molar refractivity (Wildman–Crippen MR) is 93.1 cm³/mol. The molecule has 0 radical (unpaired) electrons. The molecule has 0 aliphatic rings. The fourth-order valence-electron chi connectivity index (χ4n) is 2.03. The van der Waals surface area contributed by atoms with E-state index in [1.54, 1.807) is 24.3 Å². The molecule has 5 heteroatoms. The van der Waals surface area contributed by atoms with Crippen molar-refractivity contribution in [2.75, 3.05) is 11.9 Å². The Bertz CT molecular complexity index is 602. The third kappa shape index (κ3) is 4.80. The van der Waals surface area contributed by atoms with Gasteiger partial charge in [-0.2, -0.15) is 0 Å². The number of alkyl halides is 1. The first-order chi connectivity index (χ1) is 10.6. The van der Waals surface area contributed by atoms with E-state index < -0.39 is 11.9 Å². The molecule has 0 fully saturated rings. The SMILES string of the molecule is OC(c1ccc(Br)cc1)c1ccc(OCCCCBr)cc1F. The normalized spacial score (nSPS) is 12.2. The van der Waals surface area contributed by atoms with Gasteiger partial charge in [0.1, 0.15) is 17.7 Å². The van der Waals surface area contributed by atoms with Crippen molar-refractivity contribution in [2.24, 2.45) is 0 Å². The van der Waals surface area contributed by atoms with Gasteiger partial charge in [0, 0.05) is 21.4 Å². The number of benzene rings is 2. The standard InChI is InChI=1S/C17H17Br2FO2/c18-9-1-2-10-22-14-7-8-15(16(20)11-14)17(21)12-3-5-13(19)6-4-12/h3-8,11,17,21H,1-2,9-10H2. The number of unbranched alkanes of at least 4 members (excludes halogenated alkanes) is 1. The van der Waals surface area contributed by atoms with E-state index in [4.69, 9.17) is 4.74 Å². The summed E-state index contributed by atoms with van der Waals surface area (Å²) >= 11 is 6.69. The zero-order chi connectivity index (χ0) is 15.9. The van der Waals surface area contributed by atoms with Crippen molar-refractivity contribution in [2.45, 2.75) is 18.9 Å². The third-order valence-electron chi connectivity index (χ3n) is 3.25. The fourth-order valence-corrected chi connectivity index (χ4v) is 2.69. The van der Waals surface area contributed by atoms with Crippen LogP contribution in [-0.4, -0.2) is 17.0 Å². The summed E-state index contributed by atoms with van der Waals surface area (Å²) in [6.07, 6.45) is 0.939. The summed E-state index contributed by atoms with van der Waals surface area (Å²) in [5.41, 5.74) is 0.892. The molecule has 2 aromatic carbocycles. The Kier molecular flexibility index (Phi) is 6.86. The van der Waals surface area contributed by atoms with Crippen LogP contribution in [0.15, 0.2) is 46.9 Å². The number of ether oxygens (including phenoxy) is 1. The van der Waals surface area contributed by atoms with Crippen LogP contribution in [0.2, 0.25) is 0 Å². The van der Waals surface area contributed by atoms with Crippen LogP contribution in [0.3, 0.4) is 0 Å². The molecular formula is C17H17Br2FO2. The molecule has 22 heavy (non-hydrogen) atoms. The second-order valence-corrected chi connectivity index (χ2v) is 6.59. The van der Waals surface area contributed by atoms with Crippen LogP contribution in [0.1, 0.15) is 30.1 Å². The minimum atomic E-state index is -0.990. The maximum atomic E-state index is 14.2. The average molecular weight is 432 g/mol. The summed E-state index contributed by atoms with van der Waals surface area (Å²) in [6.45, 7) is 0.555. The van der Waals surface area contributed by atoms with E-state index in [0.717, 1.165) is 22.6 Å². The molecule has 0 amide bonds. The molecule has 1 N–H and O–H groups in total. The second kappa shape index (κ2) is 8.65. The van der Waals surface area contributed by atoms with E-state index in [1.807, 2.05) is 12.1 Å². The molecule has 0 bridgehead atoms. The number of aliphatic hydroxyl groups excluding tert-OH is 1. The van der Waals surface area contributed by atoms with Crippen molar-refractivity contribution in [1.82, 2.24) is 0 Å². The van der Waals surface area contributed by atoms with E-state index in [2.05, 4.69) is 31.9 Å². The summed E-state index contributed by atoms with van der Waals surface area (Å²) in [5.74, 6) is 0.0206. The van der Waals surface area contributed by atoms with E-state index in [1.165, 1.54) is 6.07 Å². The molecule has 1 atom stereocenters. The Morgan fingerprint density at radius 3 is 2.45 bits per heavy atom. The Balaban J connectivity index is 2.07. The zero-order valence-electron chi connectivity index (χ0n) is 11.9. The maximum Gasteiger partial charge on any atom is 0.133 e. The number of rotatable bonds is 7. The molecule has 2 nitrogen and oxygen atoms in total. The Morgan fingerprint density at radius 2 is 1.82 bits per heavy atom. The number of hydrogen-bond acceptors (Lipinski definition) is 2. The lowest BCUT2D eigenvalue weighted by atomic mass is 10.0. The predicted octanol–water partition coefficient (Wildman–Crippen LogP) is 5.22. The Labute approximate surface area is 146 Å². The van der Waals surface area contributed by atoms with Gasteiger partial charge in [0.05, 0.1) is 6.61 Å². The molecule has 0 saturated heterocycles. The first-order valence-corrected chi connectivity index (χ1v) is 8.95. The molecule has 0 aromatic heterocycles. The van der Waals surface area contributed by atoms with Crippen molar-refractivity contribution in [1.29, 1.82) is 0 Å². The Morgan fingerprint density at radius 1 is 1.09 bits per heavy atom. The topological polar surface area (TPSA) is 29.5 Å². The number of halogens is 3. The van der Waals surface area contributed by atoms with Gasteiger partial charge in [-0.1, -0.05) is 44.0 Å². The molecule has 0 aliphatic carbocycles. The van der Waals surface area contributed by atoms with Crippen LogP contribution in [-0.2, 0) is 0 Å². The molecule has 0 heterocycles. The zero-order valence-corrected chi connectivity index (χ0v) is 15.1. The van der Waals surface area contributed by atoms with E-state index >= 15 is 0 Å². The first kappa shape index (κ1) is 17.4. The van der Waals surface area contributed by atoms with Gasteiger partial charge < -0.3 is 9.84 Å². The van der Waals surface area contributed by atoms with E-state index in [-0.39, 0.29) is 5.56 Å². The van der Waals surface area contributed by atoms with Gasteiger partial charge in [-0.3, -0.25) is 0 Å². The quantitative estimate of drug-likeness (QED) is 0.480. The second-order valence-electron chi connectivity index (χ2n) is 4.88. The Hall–Kier alpha value is -0.910. The summed E-state index contributed by atoms with van der Waals surface area (Å²) in [5, 5.41) is 11.2. The van der Waals surface area contributed by atoms with Gasteiger partial charge in [0.25, 0.3) is 0 Å². The van der Waals surface area contributed by atoms with E-state index in [9.17, 15) is 9.50 Å². The number of aliphatic hydroxyl groups is 1. The smallest absolute Gasteiger partial charge is 0.133 e. The minimum absolute atomic E-state index is 0.245. The van der Waals surface area contributed by atoms with E-state index in [0.29, 0.717) is 17.9 Å².